The van der Waals surface area contributed by atoms with Gasteiger partial charge in [-0.1, -0.05) is 238 Å². The number of aromatic nitrogens is 8. The molecule has 8 nitrogen and oxygen atoms in total. The normalized spacial score (nSPS) is 12.4. The highest BCUT2D eigenvalue weighted by Gasteiger charge is 2.35. The maximum absolute atomic E-state index is 5.27. The van der Waals surface area contributed by atoms with Gasteiger partial charge in [-0.3, -0.25) is 0 Å². The van der Waals surface area contributed by atoms with Crippen molar-refractivity contribution >= 4 is 87.2 Å². The fourth-order valence-electron chi connectivity index (χ4n) is 16.9. The molecule has 21 aromatic rings. The topological polar surface area (TPSA) is 71.3 Å². The van der Waals surface area contributed by atoms with Crippen molar-refractivity contribution in [2.75, 3.05) is 0 Å². The van der Waals surface area contributed by atoms with Gasteiger partial charge in [0.2, 0.25) is 0 Å². The Kier molecular flexibility index (Phi) is 14.8. The van der Waals surface area contributed by atoms with Crippen LogP contribution in [0.1, 0.15) is 25.0 Å². The van der Waals surface area contributed by atoms with Gasteiger partial charge in [0, 0.05) is 106 Å². The summed E-state index contributed by atoms with van der Waals surface area (Å²) in [5.74, 6) is 1.42. The van der Waals surface area contributed by atoms with E-state index in [0.29, 0.717) is 11.6 Å². The zero-order valence-electron chi connectivity index (χ0n) is 59.9. The summed E-state index contributed by atoms with van der Waals surface area (Å²) in [6, 6.07) is 130. The minimum atomic E-state index is -0.0390. The first-order valence-electron chi connectivity index (χ1n) is 37.2. The lowest BCUT2D eigenvalue weighted by atomic mass is 9.81. The molecule has 6 aromatic heterocycles. The molecule has 0 atom stereocenters. The molecule has 15 aromatic carbocycles. The Hall–Kier alpha value is -14.3. The third-order valence-electron chi connectivity index (χ3n) is 22.4. The number of nitrogens with zero attached hydrogens (tertiary/aromatic N) is 8. The molecule has 8 heteroatoms. The molecule has 6 heterocycles. The molecule has 109 heavy (non-hydrogen) atoms. The standard InChI is InChI=1S/C55H38N4.C46H30N4/c1-55(2)47-17-9-6-14-42(47)43-29-26-38(32-48(43)55)35-20-22-36(23-21-35)53-45-16-7-10-18-49(45)56-54(57-53)37-24-27-41(28-25-37)59-50-19-11-8-15-44(50)46-34-51-39(33-52(46)59)30-31-58(51)40-12-4-3-5-13-40;1-3-11-31(12-4-1)32-19-21-33(22-20-32)45-39-16-7-9-17-41(39)47-46(48-45)34-23-25-37(26-24-34)50-42-18-10-8-15-38(42)40-30-43-35(29-44(40)50)27-28-49(43)36-13-5-2-6-14-36/h3-34H,1-2H3;1-30H. The van der Waals surface area contributed by atoms with Gasteiger partial charge in [0.25, 0.3) is 0 Å². The second-order valence-corrected chi connectivity index (χ2v) is 29.0. The fraction of sp³-hybridized carbons (Fsp3) is 0.0297. The van der Waals surface area contributed by atoms with Gasteiger partial charge in [0.1, 0.15) is 0 Å². The first kappa shape index (κ1) is 63.2. The third-order valence-corrected chi connectivity index (χ3v) is 22.4. The average molecular weight is 1390 g/mol. The number of rotatable bonds is 10. The number of fused-ring (bicyclic) bond motifs is 13. The summed E-state index contributed by atoms with van der Waals surface area (Å²) in [6.07, 6.45) is 4.33. The lowest BCUT2D eigenvalue weighted by Crippen LogP contribution is -2.14. The Morgan fingerprint density at radius 1 is 0.229 bits per heavy atom. The van der Waals surface area contributed by atoms with E-state index in [1.807, 2.05) is 12.1 Å². The second kappa shape index (κ2) is 25.5. The molecule has 0 saturated heterocycles. The predicted molar refractivity (Wildman–Crippen MR) is 452 cm³/mol. The summed E-state index contributed by atoms with van der Waals surface area (Å²) in [7, 11) is 0. The molecular weight excluding hydrogens is 1330 g/mol. The van der Waals surface area contributed by atoms with Gasteiger partial charge in [0.15, 0.2) is 11.6 Å². The number of hydrogen-bond acceptors (Lipinski definition) is 4. The van der Waals surface area contributed by atoms with Crippen LogP contribution in [0.2, 0.25) is 0 Å². The first-order valence-corrected chi connectivity index (χ1v) is 37.2. The van der Waals surface area contributed by atoms with Gasteiger partial charge in [-0.25, -0.2) is 19.9 Å². The molecule has 1 aliphatic carbocycles. The second-order valence-electron chi connectivity index (χ2n) is 29.0. The molecule has 0 fully saturated rings. The van der Waals surface area contributed by atoms with Gasteiger partial charge in [-0.2, -0.15) is 0 Å². The van der Waals surface area contributed by atoms with E-state index in [0.717, 1.165) is 78.2 Å². The summed E-state index contributed by atoms with van der Waals surface area (Å²) in [4.78, 5) is 20.6. The van der Waals surface area contributed by atoms with Crippen LogP contribution < -0.4 is 0 Å². The zero-order chi connectivity index (χ0) is 72.3. The lowest BCUT2D eigenvalue weighted by molar-refractivity contribution is 0.660. The number of hydrogen-bond donors (Lipinski definition) is 0. The highest BCUT2D eigenvalue weighted by atomic mass is 15.0. The SMILES string of the molecule is CC1(C)c2ccccc2-c2ccc(-c3ccc(-c4nc(-c5ccc(-n6c7ccccc7c7cc8c(ccn8-c8ccccc8)cc76)cc5)nc5ccccc45)cc3)cc21.c1ccc(-c2ccc(-c3nc(-c4ccc(-n5c6ccccc6c6cc7c(ccn7-c7ccccc7)cc65)cc4)nc4ccccc34)cc2)cc1. The van der Waals surface area contributed by atoms with E-state index in [1.54, 1.807) is 0 Å². The monoisotopic (exact) mass is 1390 g/mol. The van der Waals surface area contributed by atoms with Crippen LogP contribution in [0.5, 0.6) is 0 Å². The highest BCUT2D eigenvalue weighted by molar-refractivity contribution is 6.15. The van der Waals surface area contributed by atoms with Crippen molar-refractivity contribution in [3.05, 3.63) is 388 Å². The molecule has 0 N–H and O–H groups in total. The van der Waals surface area contributed by atoms with Crippen molar-refractivity contribution in [2.24, 2.45) is 0 Å². The molecule has 0 saturated carbocycles. The number of benzene rings is 15. The lowest BCUT2D eigenvalue weighted by Gasteiger charge is -2.22. The molecule has 0 aliphatic heterocycles. The summed E-state index contributed by atoms with van der Waals surface area (Å²) in [5.41, 5.74) is 29.6. The van der Waals surface area contributed by atoms with Gasteiger partial charge < -0.3 is 18.3 Å². The van der Waals surface area contributed by atoms with Crippen LogP contribution in [0.15, 0.2) is 376 Å². The van der Waals surface area contributed by atoms with Crippen LogP contribution in [0, 0.1) is 0 Å². The van der Waals surface area contributed by atoms with Gasteiger partial charge in [-0.15, -0.1) is 0 Å². The fourth-order valence-corrected chi connectivity index (χ4v) is 16.9. The Bertz CT molecular complexity index is 7130. The largest absolute Gasteiger partial charge is 0.317 e. The Labute approximate surface area is 629 Å². The van der Waals surface area contributed by atoms with E-state index in [4.69, 9.17) is 19.9 Å². The maximum Gasteiger partial charge on any atom is 0.160 e. The van der Waals surface area contributed by atoms with Crippen molar-refractivity contribution in [3.63, 3.8) is 0 Å². The predicted octanol–water partition coefficient (Wildman–Crippen LogP) is 25.6. The Morgan fingerprint density at radius 3 is 1.10 bits per heavy atom. The van der Waals surface area contributed by atoms with E-state index in [2.05, 4.69) is 396 Å². The molecule has 0 amide bonds. The minimum absolute atomic E-state index is 0.0390. The van der Waals surface area contributed by atoms with E-state index in [1.165, 1.54) is 110 Å². The number of para-hydroxylation sites is 6. The molecular formula is C101H68N8. The van der Waals surface area contributed by atoms with Gasteiger partial charge in [-0.05, 0) is 184 Å². The summed E-state index contributed by atoms with van der Waals surface area (Å²) in [5, 5.41) is 9.41. The van der Waals surface area contributed by atoms with Gasteiger partial charge >= 0.3 is 0 Å². The van der Waals surface area contributed by atoms with E-state index in [9.17, 15) is 0 Å². The maximum atomic E-state index is 5.27. The molecule has 0 bridgehead atoms. The van der Waals surface area contributed by atoms with Crippen molar-refractivity contribution in [2.45, 2.75) is 19.3 Å². The van der Waals surface area contributed by atoms with Crippen molar-refractivity contribution in [1.29, 1.82) is 0 Å². The van der Waals surface area contributed by atoms with Crippen LogP contribution in [-0.2, 0) is 5.41 Å². The van der Waals surface area contributed by atoms with E-state index >= 15 is 0 Å². The van der Waals surface area contributed by atoms with Crippen molar-refractivity contribution in [1.82, 2.24) is 38.2 Å². The van der Waals surface area contributed by atoms with E-state index < -0.39 is 0 Å². The Morgan fingerprint density at radius 2 is 0.606 bits per heavy atom. The van der Waals surface area contributed by atoms with Crippen molar-refractivity contribution < 1.29 is 0 Å². The van der Waals surface area contributed by atoms with Crippen LogP contribution >= 0.6 is 0 Å². The van der Waals surface area contributed by atoms with Gasteiger partial charge in [0.05, 0.1) is 55.5 Å². The first-order chi connectivity index (χ1) is 53.8. The average Bonchev–Trinajstić information content (AvgIpc) is 1.58. The third kappa shape index (κ3) is 10.7. The molecule has 1 aliphatic rings. The van der Waals surface area contributed by atoms with Crippen LogP contribution in [-0.4, -0.2) is 38.2 Å². The van der Waals surface area contributed by atoms with Crippen LogP contribution in [0.3, 0.4) is 0 Å². The highest BCUT2D eigenvalue weighted by Crippen LogP contribution is 2.50. The molecule has 0 spiro atoms. The zero-order valence-corrected chi connectivity index (χ0v) is 59.9. The van der Waals surface area contributed by atoms with Crippen LogP contribution in [0.25, 0.3) is 189 Å². The Balaban J connectivity index is 0.000000141. The van der Waals surface area contributed by atoms with E-state index in [-0.39, 0.29) is 5.41 Å². The summed E-state index contributed by atoms with van der Waals surface area (Å²) in [6.45, 7) is 4.67. The molecule has 0 radical (unpaired) electrons. The van der Waals surface area contributed by atoms with Crippen LogP contribution in [0.4, 0.5) is 0 Å². The van der Waals surface area contributed by atoms with Crippen molar-refractivity contribution in [3.8, 4) is 101 Å². The summed E-state index contributed by atoms with van der Waals surface area (Å²) >= 11 is 0. The minimum Gasteiger partial charge on any atom is -0.317 e. The molecule has 512 valence electrons. The smallest absolute Gasteiger partial charge is 0.160 e. The molecule has 22 rings (SSSR count). The molecule has 0 unspecified atom stereocenters. The quantitative estimate of drug-likeness (QED) is 0.137. The summed E-state index contributed by atoms with van der Waals surface area (Å²) < 4.78 is 9.29.